The van der Waals surface area contributed by atoms with Gasteiger partial charge < -0.3 is 4.74 Å². The van der Waals surface area contributed by atoms with Gasteiger partial charge in [-0.1, -0.05) is 13.8 Å². The van der Waals surface area contributed by atoms with Crippen molar-refractivity contribution in [2.75, 3.05) is 13.1 Å². The molecule has 0 spiro atoms. The summed E-state index contributed by atoms with van der Waals surface area (Å²) in [5.41, 5.74) is 0. The Hall–Kier alpha value is -1.24. The highest BCUT2D eigenvalue weighted by molar-refractivity contribution is 4.59. The lowest BCUT2D eigenvalue weighted by molar-refractivity contribution is -0.506. The predicted octanol–water partition coefficient (Wildman–Crippen LogP) is 1.11. The quantitative estimate of drug-likeness (QED) is 0.451. The first-order chi connectivity index (χ1) is 6.99. The van der Waals surface area contributed by atoms with Crippen LogP contribution in [-0.2, 0) is 4.74 Å². The zero-order valence-electron chi connectivity index (χ0n) is 8.92. The molecule has 0 aromatic rings. The van der Waals surface area contributed by atoms with Crippen LogP contribution in [0.1, 0.15) is 26.7 Å². The van der Waals surface area contributed by atoms with Crippen molar-refractivity contribution in [3.8, 4) is 0 Å². The summed E-state index contributed by atoms with van der Waals surface area (Å²) in [6, 6.07) is 0. The van der Waals surface area contributed by atoms with Crippen LogP contribution >= 0.6 is 0 Å². The highest BCUT2D eigenvalue weighted by Crippen LogP contribution is 2.07. The largest absolute Gasteiger partial charge is 0.361 e. The molecule has 0 saturated heterocycles. The van der Waals surface area contributed by atoms with Gasteiger partial charge in [0.25, 0.3) is 0 Å². The molecule has 2 unspecified atom stereocenters. The summed E-state index contributed by atoms with van der Waals surface area (Å²) in [4.78, 5) is 19.6. The van der Waals surface area contributed by atoms with E-state index in [-0.39, 0.29) is 13.1 Å². The van der Waals surface area contributed by atoms with Crippen molar-refractivity contribution in [2.24, 2.45) is 0 Å². The van der Waals surface area contributed by atoms with E-state index in [4.69, 9.17) is 4.74 Å². The van der Waals surface area contributed by atoms with E-state index in [1.54, 1.807) is 13.8 Å². The van der Waals surface area contributed by atoms with E-state index in [9.17, 15) is 20.2 Å². The first-order valence-electron chi connectivity index (χ1n) is 4.88. The summed E-state index contributed by atoms with van der Waals surface area (Å²) in [6.07, 6.45) is -0.112. The number of hydrogen-bond acceptors (Lipinski definition) is 5. The Bertz CT molecular complexity index is 199. The first-order valence-corrected chi connectivity index (χ1v) is 4.88. The molecule has 0 aromatic carbocycles. The molecule has 0 heterocycles. The van der Waals surface area contributed by atoms with Crippen molar-refractivity contribution < 1.29 is 14.6 Å². The van der Waals surface area contributed by atoms with Gasteiger partial charge in [0, 0.05) is 9.85 Å². The molecule has 0 N–H and O–H groups in total. The third-order valence-electron chi connectivity index (χ3n) is 2.00. The lowest BCUT2D eigenvalue weighted by atomic mass is 10.2. The van der Waals surface area contributed by atoms with E-state index in [1.165, 1.54) is 0 Å². The maximum atomic E-state index is 10.3. The fourth-order valence-electron chi connectivity index (χ4n) is 1.14. The zero-order chi connectivity index (χ0) is 11.8. The number of nitro groups is 2. The molecule has 0 radical (unpaired) electrons. The molecule has 0 aliphatic rings. The van der Waals surface area contributed by atoms with Gasteiger partial charge >= 0.3 is 0 Å². The molecule has 0 saturated carbocycles. The molecule has 0 rings (SSSR count). The standard InChI is InChI=1S/C8H16N2O5/c1-3-7(5-9(11)12)15-8(4-2)6-10(13)14/h7-8H,3-6H2,1-2H3. The van der Waals surface area contributed by atoms with E-state index < -0.39 is 22.1 Å². The molecule has 88 valence electrons. The average Bonchev–Trinajstić information content (AvgIpc) is 2.14. The fraction of sp³-hybridized carbons (Fsp3) is 1.00. The normalized spacial score (nSPS) is 14.5. The van der Waals surface area contributed by atoms with Gasteiger partial charge in [-0.2, -0.15) is 0 Å². The molecule has 0 aliphatic heterocycles. The molecule has 15 heavy (non-hydrogen) atoms. The molecule has 7 nitrogen and oxygen atoms in total. The van der Waals surface area contributed by atoms with Crippen molar-refractivity contribution >= 4 is 0 Å². The second-order valence-electron chi connectivity index (χ2n) is 3.23. The van der Waals surface area contributed by atoms with Crippen LogP contribution in [0.2, 0.25) is 0 Å². The highest BCUT2D eigenvalue weighted by Gasteiger charge is 2.21. The van der Waals surface area contributed by atoms with Gasteiger partial charge in [-0.05, 0) is 12.8 Å². The van der Waals surface area contributed by atoms with Crippen LogP contribution in [0.15, 0.2) is 0 Å². The van der Waals surface area contributed by atoms with E-state index in [2.05, 4.69) is 0 Å². The van der Waals surface area contributed by atoms with Crippen LogP contribution in [0.4, 0.5) is 0 Å². The second kappa shape index (κ2) is 7.10. The lowest BCUT2D eigenvalue weighted by Gasteiger charge is -2.17. The van der Waals surface area contributed by atoms with Crippen LogP contribution in [0.3, 0.4) is 0 Å². The molecule has 0 aliphatic carbocycles. The Balaban J connectivity index is 4.10. The third-order valence-corrected chi connectivity index (χ3v) is 2.00. The maximum Gasteiger partial charge on any atom is 0.229 e. The molecule has 0 bridgehead atoms. The minimum atomic E-state index is -0.537. The monoisotopic (exact) mass is 220 g/mol. The van der Waals surface area contributed by atoms with Crippen LogP contribution in [0.25, 0.3) is 0 Å². The van der Waals surface area contributed by atoms with Crippen molar-refractivity contribution in [3.05, 3.63) is 20.2 Å². The lowest BCUT2D eigenvalue weighted by Crippen LogP contribution is -2.31. The Morgan fingerprint density at radius 1 is 1.00 bits per heavy atom. The molecule has 0 aromatic heterocycles. The first kappa shape index (κ1) is 13.8. The maximum absolute atomic E-state index is 10.3. The Kier molecular flexibility index (Phi) is 6.52. The van der Waals surface area contributed by atoms with Crippen LogP contribution in [0, 0.1) is 20.2 Å². The van der Waals surface area contributed by atoms with Gasteiger partial charge in [-0.3, -0.25) is 20.2 Å². The van der Waals surface area contributed by atoms with E-state index in [0.717, 1.165) is 0 Å². The highest BCUT2D eigenvalue weighted by atomic mass is 16.6. The number of nitrogens with zero attached hydrogens (tertiary/aromatic N) is 2. The fourth-order valence-corrected chi connectivity index (χ4v) is 1.14. The van der Waals surface area contributed by atoms with Crippen molar-refractivity contribution in [1.29, 1.82) is 0 Å². The minimum Gasteiger partial charge on any atom is -0.361 e. The molecular formula is C8H16N2O5. The minimum absolute atomic E-state index is 0.301. The van der Waals surface area contributed by atoms with Crippen LogP contribution in [-0.4, -0.2) is 35.1 Å². The molecule has 7 heteroatoms. The summed E-state index contributed by atoms with van der Waals surface area (Å²) >= 11 is 0. The smallest absolute Gasteiger partial charge is 0.229 e. The number of hydrogen-bond donors (Lipinski definition) is 0. The van der Waals surface area contributed by atoms with Crippen LogP contribution in [0.5, 0.6) is 0 Å². The van der Waals surface area contributed by atoms with E-state index in [1.807, 2.05) is 0 Å². The third kappa shape index (κ3) is 6.78. The second-order valence-corrected chi connectivity index (χ2v) is 3.23. The average molecular weight is 220 g/mol. The van der Waals surface area contributed by atoms with Gasteiger partial charge in [0.2, 0.25) is 13.1 Å². The SMILES string of the molecule is CCC(C[N+](=O)[O-])OC(CC)C[N+](=O)[O-]. The number of ether oxygens (including phenoxy) is 1. The summed E-state index contributed by atoms with van der Waals surface area (Å²) in [7, 11) is 0. The van der Waals surface area contributed by atoms with Gasteiger partial charge in [0.15, 0.2) is 0 Å². The summed E-state index contributed by atoms with van der Waals surface area (Å²) in [5.74, 6) is 0. The van der Waals surface area contributed by atoms with E-state index in [0.29, 0.717) is 12.8 Å². The molecule has 2 atom stereocenters. The zero-order valence-corrected chi connectivity index (χ0v) is 8.92. The number of rotatable bonds is 8. The van der Waals surface area contributed by atoms with Gasteiger partial charge in [0.05, 0.1) is 0 Å². The summed E-state index contributed by atoms with van der Waals surface area (Å²) in [6.45, 7) is 2.91. The summed E-state index contributed by atoms with van der Waals surface area (Å²) < 4.78 is 5.29. The topological polar surface area (TPSA) is 95.5 Å². The van der Waals surface area contributed by atoms with Crippen LogP contribution < -0.4 is 0 Å². The van der Waals surface area contributed by atoms with Gasteiger partial charge in [0.1, 0.15) is 12.2 Å². The summed E-state index contributed by atoms with van der Waals surface area (Å²) in [5, 5.41) is 20.5. The molecule has 0 amide bonds. The Labute approximate surface area is 87.7 Å². The van der Waals surface area contributed by atoms with Crippen molar-refractivity contribution in [1.82, 2.24) is 0 Å². The van der Waals surface area contributed by atoms with Gasteiger partial charge in [-0.25, -0.2) is 0 Å². The van der Waals surface area contributed by atoms with Gasteiger partial charge in [-0.15, -0.1) is 0 Å². The Morgan fingerprint density at radius 3 is 1.53 bits per heavy atom. The van der Waals surface area contributed by atoms with Crippen molar-refractivity contribution in [3.63, 3.8) is 0 Å². The Morgan fingerprint density at radius 2 is 1.33 bits per heavy atom. The molecular weight excluding hydrogens is 204 g/mol. The van der Waals surface area contributed by atoms with E-state index >= 15 is 0 Å². The molecule has 0 fully saturated rings. The predicted molar refractivity (Wildman–Crippen MR) is 53.0 cm³/mol. The van der Waals surface area contributed by atoms with Crippen molar-refractivity contribution in [2.45, 2.75) is 38.9 Å².